The van der Waals surface area contributed by atoms with Crippen LogP contribution in [0.3, 0.4) is 0 Å². The van der Waals surface area contributed by atoms with E-state index in [0.717, 1.165) is 5.56 Å². The summed E-state index contributed by atoms with van der Waals surface area (Å²) in [5.74, 6) is 0. The molecule has 0 fully saturated rings. The largest absolute Gasteiger partial charge is 0.113 e. The minimum Gasteiger partial charge on any atom is -0.113 e. The molecule has 2 rings (SSSR count). The van der Waals surface area contributed by atoms with Crippen molar-refractivity contribution in [3.8, 4) is 0 Å². The highest BCUT2D eigenvalue weighted by Gasteiger charge is 2.14. The van der Waals surface area contributed by atoms with Gasteiger partial charge in [0.15, 0.2) is 0 Å². The molecular formula is C16H17Cl. The Morgan fingerprint density at radius 2 is 1.35 bits per heavy atom. The third-order valence-corrected chi connectivity index (χ3v) is 3.64. The van der Waals surface area contributed by atoms with Crippen LogP contribution in [0.2, 0.25) is 0 Å². The molecular weight excluding hydrogens is 228 g/mol. The molecule has 0 aliphatic carbocycles. The van der Waals surface area contributed by atoms with E-state index in [2.05, 4.69) is 63.2 Å². The summed E-state index contributed by atoms with van der Waals surface area (Å²) in [5.41, 5.74) is 6.17. The first-order chi connectivity index (χ1) is 8.09. The van der Waals surface area contributed by atoms with E-state index >= 15 is 0 Å². The average Bonchev–Trinajstić information content (AvgIpc) is 2.29. The third kappa shape index (κ3) is 2.53. The highest BCUT2D eigenvalue weighted by atomic mass is 35.5. The first kappa shape index (κ1) is 12.2. The van der Waals surface area contributed by atoms with Gasteiger partial charge in [-0.3, -0.25) is 0 Å². The molecule has 1 heteroatoms. The fourth-order valence-corrected chi connectivity index (χ4v) is 2.62. The molecule has 0 N–H and O–H groups in total. The summed E-state index contributed by atoms with van der Waals surface area (Å²) in [6.45, 7) is 6.32. The van der Waals surface area contributed by atoms with Crippen molar-refractivity contribution in [3.63, 3.8) is 0 Å². The average molecular weight is 245 g/mol. The zero-order valence-corrected chi connectivity index (χ0v) is 11.3. The first-order valence-corrected chi connectivity index (χ1v) is 6.30. The number of hydrogen-bond acceptors (Lipinski definition) is 0. The minimum atomic E-state index is -0.0585. The Hall–Kier alpha value is -1.27. The van der Waals surface area contributed by atoms with Gasteiger partial charge in [0.05, 0.1) is 5.38 Å². The SMILES string of the molecule is Cc1ccc([C@@H](Cl)c2c(C)cccc2C)cc1. The van der Waals surface area contributed by atoms with Gasteiger partial charge in [-0.1, -0.05) is 48.0 Å². The molecule has 2 aromatic carbocycles. The molecule has 0 saturated carbocycles. The predicted octanol–water partition coefficient (Wildman–Crippen LogP) is 4.94. The standard InChI is InChI=1S/C16H17Cl/c1-11-7-9-14(10-8-11)16(17)15-12(2)5-4-6-13(15)3/h4-10,16H,1-3H3/t16-/m1/s1. The molecule has 0 unspecified atom stereocenters. The van der Waals surface area contributed by atoms with Crippen molar-refractivity contribution in [1.29, 1.82) is 0 Å². The van der Waals surface area contributed by atoms with E-state index < -0.39 is 0 Å². The van der Waals surface area contributed by atoms with Gasteiger partial charge in [-0.05, 0) is 43.0 Å². The Morgan fingerprint density at radius 1 is 0.824 bits per heavy atom. The van der Waals surface area contributed by atoms with Crippen LogP contribution in [0, 0.1) is 20.8 Å². The van der Waals surface area contributed by atoms with Crippen molar-refractivity contribution < 1.29 is 0 Å². The lowest BCUT2D eigenvalue weighted by atomic mass is 9.95. The second-order valence-corrected chi connectivity index (χ2v) is 5.02. The van der Waals surface area contributed by atoms with Crippen molar-refractivity contribution in [1.82, 2.24) is 0 Å². The predicted molar refractivity (Wildman–Crippen MR) is 74.8 cm³/mol. The van der Waals surface area contributed by atoms with Crippen molar-refractivity contribution >= 4 is 11.6 Å². The summed E-state index contributed by atoms with van der Waals surface area (Å²) in [7, 11) is 0. The summed E-state index contributed by atoms with van der Waals surface area (Å²) < 4.78 is 0. The van der Waals surface area contributed by atoms with Gasteiger partial charge in [-0.25, -0.2) is 0 Å². The van der Waals surface area contributed by atoms with Gasteiger partial charge in [-0.15, -0.1) is 11.6 Å². The Morgan fingerprint density at radius 3 is 1.88 bits per heavy atom. The van der Waals surface area contributed by atoms with E-state index in [1.54, 1.807) is 0 Å². The zero-order chi connectivity index (χ0) is 12.4. The molecule has 0 aliphatic rings. The zero-order valence-electron chi connectivity index (χ0n) is 10.5. The molecule has 88 valence electrons. The number of hydrogen-bond donors (Lipinski definition) is 0. The highest BCUT2D eigenvalue weighted by molar-refractivity contribution is 6.22. The lowest BCUT2D eigenvalue weighted by Crippen LogP contribution is -1.99. The number of rotatable bonds is 2. The lowest BCUT2D eigenvalue weighted by Gasteiger charge is -2.16. The maximum atomic E-state index is 6.59. The molecule has 0 radical (unpaired) electrons. The Kier molecular flexibility index (Phi) is 3.54. The smallest absolute Gasteiger partial charge is 0.0840 e. The quantitative estimate of drug-likeness (QED) is 0.657. The van der Waals surface area contributed by atoms with Crippen molar-refractivity contribution in [2.75, 3.05) is 0 Å². The van der Waals surface area contributed by atoms with Crippen LogP contribution in [-0.2, 0) is 0 Å². The molecule has 0 heterocycles. The van der Waals surface area contributed by atoms with Gasteiger partial charge >= 0.3 is 0 Å². The van der Waals surface area contributed by atoms with E-state index in [1.165, 1.54) is 22.3 Å². The van der Waals surface area contributed by atoms with Crippen LogP contribution in [-0.4, -0.2) is 0 Å². The van der Waals surface area contributed by atoms with Crippen LogP contribution < -0.4 is 0 Å². The number of halogens is 1. The Balaban J connectivity index is 2.43. The monoisotopic (exact) mass is 244 g/mol. The molecule has 0 bridgehead atoms. The Bertz CT molecular complexity index is 491. The number of aryl methyl sites for hydroxylation is 3. The van der Waals surface area contributed by atoms with E-state index in [0.29, 0.717) is 0 Å². The van der Waals surface area contributed by atoms with Gasteiger partial charge in [0.25, 0.3) is 0 Å². The molecule has 0 aliphatic heterocycles. The van der Waals surface area contributed by atoms with Crippen LogP contribution in [0.4, 0.5) is 0 Å². The molecule has 0 saturated heterocycles. The van der Waals surface area contributed by atoms with Gasteiger partial charge < -0.3 is 0 Å². The normalized spacial score (nSPS) is 12.5. The second-order valence-electron chi connectivity index (χ2n) is 4.58. The molecule has 0 aromatic heterocycles. The van der Waals surface area contributed by atoms with E-state index in [-0.39, 0.29) is 5.38 Å². The van der Waals surface area contributed by atoms with Gasteiger partial charge in [0, 0.05) is 0 Å². The highest BCUT2D eigenvalue weighted by Crippen LogP contribution is 2.33. The fraction of sp³-hybridized carbons (Fsp3) is 0.250. The number of benzene rings is 2. The summed E-state index contributed by atoms with van der Waals surface area (Å²) in [5, 5.41) is -0.0585. The van der Waals surface area contributed by atoms with Gasteiger partial charge in [0.1, 0.15) is 0 Å². The van der Waals surface area contributed by atoms with Gasteiger partial charge in [-0.2, -0.15) is 0 Å². The molecule has 1 atom stereocenters. The summed E-state index contributed by atoms with van der Waals surface area (Å²) >= 11 is 6.59. The van der Waals surface area contributed by atoms with Crippen LogP contribution in [0.25, 0.3) is 0 Å². The van der Waals surface area contributed by atoms with E-state index in [4.69, 9.17) is 11.6 Å². The molecule has 0 spiro atoms. The third-order valence-electron chi connectivity index (χ3n) is 3.17. The summed E-state index contributed by atoms with van der Waals surface area (Å²) in [6.07, 6.45) is 0. The maximum Gasteiger partial charge on any atom is 0.0840 e. The van der Waals surface area contributed by atoms with Gasteiger partial charge in [0.2, 0.25) is 0 Å². The van der Waals surface area contributed by atoms with Crippen molar-refractivity contribution in [3.05, 3.63) is 70.3 Å². The molecule has 2 aromatic rings. The second kappa shape index (κ2) is 4.93. The van der Waals surface area contributed by atoms with Crippen LogP contribution >= 0.6 is 11.6 Å². The lowest BCUT2D eigenvalue weighted by molar-refractivity contribution is 1.08. The summed E-state index contributed by atoms with van der Waals surface area (Å²) in [4.78, 5) is 0. The summed E-state index contributed by atoms with van der Waals surface area (Å²) in [6, 6.07) is 14.7. The minimum absolute atomic E-state index is 0.0585. The van der Waals surface area contributed by atoms with Crippen LogP contribution in [0.15, 0.2) is 42.5 Å². The van der Waals surface area contributed by atoms with E-state index in [1.807, 2.05) is 0 Å². The fourth-order valence-electron chi connectivity index (χ4n) is 2.13. The van der Waals surface area contributed by atoms with Crippen molar-refractivity contribution in [2.45, 2.75) is 26.1 Å². The number of alkyl halides is 1. The Labute approximate surface area is 108 Å². The maximum absolute atomic E-state index is 6.59. The molecule has 0 amide bonds. The topological polar surface area (TPSA) is 0 Å². The molecule has 17 heavy (non-hydrogen) atoms. The first-order valence-electron chi connectivity index (χ1n) is 5.86. The van der Waals surface area contributed by atoms with Crippen LogP contribution in [0.1, 0.15) is 33.2 Å². The van der Waals surface area contributed by atoms with Crippen molar-refractivity contribution in [2.24, 2.45) is 0 Å². The van der Waals surface area contributed by atoms with Crippen LogP contribution in [0.5, 0.6) is 0 Å². The molecule has 0 nitrogen and oxygen atoms in total. The van der Waals surface area contributed by atoms with E-state index in [9.17, 15) is 0 Å².